The lowest BCUT2D eigenvalue weighted by Gasteiger charge is -2.08. The van der Waals surface area contributed by atoms with Crippen LogP contribution in [-0.2, 0) is 11.2 Å². The number of hydrogen-bond acceptors (Lipinski definition) is 4. The average Bonchev–Trinajstić information content (AvgIpc) is 2.54. The van der Waals surface area contributed by atoms with Crippen LogP contribution in [0.25, 0.3) is 0 Å². The van der Waals surface area contributed by atoms with Crippen LogP contribution in [-0.4, -0.2) is 24.0 Å². The van der Waals surface area contributed by atoms with Crippen molar-refractivity contribution in [3.63, 3.8) is 0 Å². The maximum Gasteiger partial charge on any atom is 0.310 e. The van der Waals surface area contributed by atoms with Gasteiger partial charge in [-0.2, -0.15) is 0 Å². The van der Waals surface area contributed by atoms with Crippen LogP contribution < -0.4 is 10.1 Å². The maximum absolute atomic E-state index is 11.8. The summed E-state index contributed by atoms with van der Waals surface area (Å²) in [5.74, 6) is -0.243. The van der Waals surface area contributed by atoms with Crippen molar-refractivity contribution >= 4 is 23.2 Å². The molecule has 126 valence electrons. The fourth-order valence-corrected chi connectivity index (χ4v) is 2.21. The number of aryl methyl sites for hydroxylation is 1. The minimum atomic E-state index is -0.535. The van der Waals surface area contributed by atoms with Crippen molar-refractivity contribution < 1.29 is 14.5 Å². The molecular formula is C17H17ClN2O4. The van der Waals surface area contributed by atoms with Gasteiger partial charge in [-0.15, -0.1) is 0 Å². The van der Waals surface area contributed by atoms with Crippen molar-refractivity contribution in [3.05, 3.63) is 68.7 Å². The quantitative estimate of drug-likeness (QED) is 0.615. The normalized spacial score (nSPS) is 10.2. The Bertz CT molecular complexity index is 732. The number of rotatable bonds is 7. The number of nitro benzene ring substituents is 1. The topological polar surface area (TPSA) is 81.5 Å². The number of carbonyl (C=O) groups is 1. The number of carbonyl (C=O) groups excluding carboxylic acids is 1. The molecule has 0 spiro atoms. The molecule has 0 unspecified atom stereocenters. The highest BCUT2D eigenvalue weighted by molar-refractivity contribution is 6.30. The summed E-state index contributed by atoms with van der Waals surface area (Å²) in [6.07, 6.45) is 0.660. The second-order valence-electron chi connectivity index (χ2n) is 5.24. The molecule has 1 amide bonds. The van der Waals surface area contributed by atoms with Crippen molar-refractivity contribution in [3.8, 4) is 5.75 Å². The van der Waals surface area contributed by atoms with Crippen LogP contribution in [0, 0.1) is 17.0 Å². The minimum absolute atomic E-state index is 0.0906. The molecular weight excluding hydrogens is 332 g/mol. The fourth-order valence-electron chi connectivity index (χ4n) is 2.08. The monoisotopic (exact) mass is 348 g/mol. The summed E-state index contributed by atoms with van der Waals surface area (Å²) >= 11 is 5.81. The van der Waals surface area contributed by atoms with E-state index in [9.17, 15) is 14.9 Å². The fraction of sp³-hybridized carbons (Fsp3) is 0.235. The zero-order valence-electron chi connectivity index (χ0n) is 13.1. The number of nitro groups is 1. The first kappa shape index (κ1) is 17.7. The van der Waals surface area contributed by atoms with E-state index in [-0.39, 0.29) is 24.0 Å². The van der Waals surface area contributed by atoms with E-state index >= 15 is 0 Å². The summed E-state index contributed by atoms with van der Waals surface area (Å²) in [7, 11) is 0. The second kappa shape index (κ2) is 8.31. The first-order chi connectivity index (χ1) is 11.5. The zero-order chi connectivity index (χ0) is 17.5. The molecule has 0 aliphatic carbocycles. The SMILES string of the molecule is Cc1ccc([N+](=O)[O-])c(OCC(=O)NCCc2ccc(Cl)cc2)c1. The number of benzene rings is 2. The molecule has 0 saturated heterocycles. The number of ether oxygens (including phenoxy) is 1. The van der Waals surface area contributed by atoms with Gasteiger partial charge >= 0.3 is 5.69 Å². The summed E-state index contributed by atoms with van der Waals surface area (Å²) in [5.41, 5.74) is 1.71. The second-order valence-corrected chi connectivity index (χ2v) is 5.68. The molecule has 24 heavy (non-hydrogen) atoms. The Balaban J connectivity index is 1.82. The standard InChI is InChI=1S/C17H17ClN2O4/c1-12-2-7-15(20(22)23)16(10-12)24-11-17(21)19-9-8-13-3-5-14(18)6-4-13/h2-7,10H,8-9,11H2,1H3,(H,19,21). The summed E-state index contributed by atoms with van der Waals surface area (Å²) < 4.78 is 5.29. The van der Waals surface area contributed by atoms with Gasteiger partial charge in [0, 0.05) is 17.6 Å². The van der Waals surface area contributed by atoms with E-state index in [1.54, 1.807) is 31.2 Å². The van der Waals surface area contributed by atoms with Gasteiger partial charge in [-0.3, -0.25) is 14.9 Å². The molecule has 0 aliphatic heterocycles. The van der Waals surface area contributed by atoms with E-state index in [4.69, 9.17) is 16.3 Å². The van der Waals surface area contributed by atoms with Gasteiger partial charge in [-0.1, -0.05) is 29.8 Å². The Kier molecular flexibility index (Phi) is 6.14. The molecule has 0 aliphatic rings. The van der Waals surface area contributed by atoms with Crippen molar-refractivity contribution in [2.24, 2.45) is 0 Å². The first-order valence-electron chi connectivity index (χ1n) is 7.34. The van der Waals surface area contributed by atoms with Gasteiger partial charge in [-0.05, 0) is 42.7 Å². The Hall–Kier alpha value is -2.60. The van der Waals surface area contributed by atoms with Crippen LogP contribution in [0.15, 0.2) is 42.5 Å². The van der Waals surface area contributed by atoms with Gasteiger partial charge < -0.3 is 10.1 Å². The highest BCUT2D eigenvalue weighted by Crippen LogP contribution is 2.27. The molecule has 0 atom stereocenters. The summed E-state index contributed by atoms with van der Waals surface area (Å²) in [5, 5.41) is 14.3. The molecule has 2 aromatic rings. The molecule has 0 bridgehead atoms. The van der Waals surface area contributed by atoms with Crippen LogP contribution >= 0.6 is 11.6 Å². The highest BCUT2D eigenvalue weighted by atomic mass is 35.5. The number of nitrogens with zero attached hydrogens (tertiary/aromatic N) is 1. The highest BCUT2D eigenvalue weighted by Gasteiger charge is 2.15. The van der Waals surface area contributed by atoms with Gasteiger partial charge in [0.05, 0.1) is 4.92 Å². The minimum Gasteiger partial charge on any atom is -0.477 e. The van der Waals surface area contributed by atoms with E-state index in [2.05, 4.69) is 5.32 Å². The molecule has 2 rings (SSSR count). The van der Waals surface area contributed by atoms with E-state index in [1.165, 1.54) is 6.07 Å². The molecule has 0 aromatic heterocycles. The smallest absolute Gasteiger partial charge is 0.310 e. The lowest BCUT2D eigenvalue weighted by atomic mass is 10.1. The van der Waals surface area contributed by atoms with Crippen molar-refractivity contribution in [2.45, 2.75) is 13.3 Å². The molecule has 1 N–H and O–H groups in total. The third-order valence-corrected chi connectivity index (χ3v) is 3.57. The Morgan fingerprint density at radius 1 is 1.25 bits per heavy atom. The molecule has 0 fully saturated rings. The molecule has 7 heteroatoms. The van der Waals surface area contributed by atoms with Gasteiger partial charge in [0.25, 0.3) is 5.91 Å². The average molecular weight is 349 g/mol. The zero-order valence-corrected chi connectivity index (χ0v) is 13.9. The van der Waals surface area contributed by atoms with Gasteiger partial charge in [0.15, 0.2) is 12.4 Å². The predicted molar refractivity (Wildman–Crippen MR) is 91.5 cm³/mol. The molecule has 0 radical (unpaired) electrons. The van der Waals surface area contributed by atoms with E-state index < -0.39 is 4.92 Å². The van der Waals surface area contributed by atoms with Gasteiger partial charge in [0.2, 0.25) is 0 Å². The maximum atomic E-state index is 11.8. The van der Waals surface area contributed by atoms with Crippen LogP contribution in [0.5, 0.6) is 5.75 Å². The molecule has 2 aromatic carbocycles. The van der Waals surface area contributed by atoms with Crippen molar-refractivity contribution in [2.75, 3.05) is 13.2 Å². The first-order valence-corrected chi connectivity index (χ1v) is 7.72. The molecule has 6 nitrogen and oxygen atoms in total. The lowest BCUT2D eigenvalue weighted by molar-refractivity contribution is -0.385. The van der Waals surface area contributed by atoms with E-state index in [1.807, 2.05) is 12.1 Å². The van der Waals surface area contributed by atoms with Crippen LogP contribution in [0.2, 0.25) is 5.02 Å². The van der Waals surface area contributed by atoms with Gasteiger partial charge in [0.1, 0.15) is 0 Å². The van der Waals surface area contributed by atoms with Crippen LogP contribution in [0.3, 0.4) is 0 Å². The Labute approximate surface area is 144 Å². The van der Waals surface area contributed by atoms with E-state index in [0.717, 1.165) is 11.1 Å². The molecule has 0 heterocycles. The number of hydrogen-bond donors (Lipinski definition) is 1. The Morgan fingerprint density at radius 3 is 2.62 bits per heavy atom. The summed E-state index contributed by atoms with van der Waals surface area (Å²) in [6, 6.07) is 11.9. The third kappa shape index (κ3) is 5.24. The van der Waals surface area contributed by atoms with E-state index in [0.29, 0.717) is 18.0 Å². The number of nitrogens with one attached hydrogen (secondary N) is 1. The number of amides is 1. The van der Waals surface area contributed by atoms with Crippen LogP contribution in [0.1, 0.15) is 11.1 Å². The predicted octanol–water partition coefficient (Wildman–Crippen LogP) is 3.29. The van der Waals surface area contributed by atoms with Crippen molar-refractivity contribution in [1.29, 1.82) is 0 Å². The number of halogens is 1. The third-order valence-electron chi connectivity index (χ3n) is 3.32. The lowest BCUT2D eigenvalue weighted by Crippen LogP contribution is -2.30. The van der Waals surface area contributed by atoms with Gasteiger partial charge in [-0.25, -0.2) is 0 Å². The summed E-state index contributed by atoms with van der Waals surface area (Å²) in [6.45, 7) is 1.97. The molecule has 0 saturated carbocycles. The summed E-state index contributed by atoms with van der Waals surface area (Å²) in [4.78, 5) is 22.2. The van der Waals surface area contributed by atoms with Crippen LogP contribution in [0.4, 0.5) is 5.69 Å². The Morgan fingerprint density at radius 2 is 1.96 bits per heavy atom. The van der Waals surface area contributed by atoms with Crippen molar-refractivity contribution in [1.82, 2.24) is 5.32 Å². The largest absolute Gasteiger partial charge is 0.477 e.